The summed E-state index contributed by atoms with van der Waals surface area (Å²) in [5, 5.41) is 6.78. The maximum Gasteiger partial charge on any atom is 0.329 e. The van der Waals surface area contributed by atoms with E-state index < -0.39 is 18.0 Å². The maximum absolute atomic E-state index is 12.3. The number of ether oxygens (including phenoxy) is 1. The van der Waals surface area contributed by atoms with E-state index in [0.29, 0.717) is 3.95 Å². The minimum atomic E-state index is -0.938. The van der Waals surface area contributed by atoms with E-state index in [1.807, 2.05) is 24.3 Å². The van der Waals surface area contributed by atoms with Crippen LogP contribution in [0.25, 0.3) is 0 Å². The number of methoxy groups -OCH3 is 1. The summed E-state index contributed by atoms with van der Waals surface area (Å²) in [5.74, 6) is -0.579. The van der Waals surface area contributed by atoms with Gasteiger partial charge in [0.1, 0.15) is 6.04 Å². The van der Waals surface area contributed by atoms with E-state index in [1.54, 1.807) is 0 Å². The molecule has 2 aromatic rings. The van der Waals surface area contributed by atoms with Gasteiger partial charge in [-0.3, -0.25) is 10.00 Å². The van der Waals surface area contributed by atoms with Gasteiger partial charge in [-0.25, -0.2) is 9.59 Å². The summed E-state index contributed by atoms with van der Waals surface area (Å²) in [7, 11) is 1.27. The van der Waals surface area contributed by atoms with Gasteiger partial charge in [-0.05, 0) is 28.8 Å². The standard InChI is InChI=1S/C17H22N4O3S2/c1-17(2,3)11-7-5-10(6-8-11)9-12(13(22)24-4)21(14(18)23)15-19-20-16(25)26-15/h5-8,12H,9H2,1-4H3,(H2,18,23)(H,20,25)/t12-/m0/s1. The van der Waals surface area contributed by atoms with Crippen molar-refractivity contribution >= 4 is 40.7 Å². The zero-order valence-corrected chi connectivity index (χ0v) is 16.7. The molecule has 0 unspecified atom stereocenters. The number of carbonyl (C=O) groups is 2. The quantitative estimate of drug-likeness (QED) is 0.599. The highest BCUT2D eigenvalue weighted by molar-refractivity contribution is 7.73. The lowest BCUT2D eigenvalue weighted by molar-refractivity contribution is -0.142. The highest BCUT2D eigenvalue weighted by Crippen LogP contribution is 2.25. The largest absolute Gasteiger partial charge is 0.467 e. The van der Waals surface area contributed by atoms with Crippen molar-refractivity contribution in [3.05, 3.63) is 39.3 Å². The zero-order chi connectivity index (χ0) is 19.5. The fourth-order valence-corrected chi connectivity index (χ4v) is 3.42. The van der Waals surface area contributed by atoms with Crippen LogP contribution in [-0.2, 0) is 21.4 Å². The average Bonchev–Trinajstić information content (AvgIpc) is 2.98. The van der Waals surface area contributed by atoms with Crippen LogP contribution >= 0.6 is 23.6 Å². The van der Waals surface area contributed by atoms with Crippen LogP contribution < -0.4 is 10.6 Å². The zero-order valence-electron chi connectivity index (χ0n) is 15.1. The van der Waals surface area contributed by atoms with E-state index >= 15 is 0 Å². The molecular formula is C17H22N4O3S2. The summed E-state index contributed by atoms with van der Waals surface area (Å²) < 4.78 is 5.25. The van der Waals surface area contributed by atoms with Crippen molar-refractivity contribution in [2.75, 3.05) is 12.0 Å². The number of anilines is 1. The van der Waals surface area contributed by atoms with Crippen LogP contribution in [0.4, 0.5) is 9.93 Å². The van der Waals surface area contributed by atoms with Gasteiger partial charge in [-0.15, -0.1) is 5.10 Å². The number of hydrogen-bond donors (Lipinski definition) is 2. The summed E-state index contributed by atoms with van der Waals surface area (Å²) in [6, 6.07) is 6.15. The fourth-order valence-electron chi connectivity index (χ4n) is 2.49. The second kappa shape index (κ2) is 7.96. The van der Waals surface area contributed by atoms with Gasteiger partial charge in [0, 0.05) is 6.42 Å². The Bertz CT molecular complexity index is 837. The van der Waals surface area contributed by atoms with E-state index in [4.69, 9.17) is 22.7 Å². The van der Waals surface area contributed by atoms with E-state index in [9.17, 15) is 9.59 Å². The summed E-state index contributed by atoms with van der Waals surface area (Å²) in [6.45, 7) is 6.37. The Labute approximate surface area is 161 Å². The number of H-pyrrole nitrogens is 1. The lowest BCUT2D eigenvalue weighted by Crippen LogP contribution is -2.49. The Morgan fingerprint density at radius 3 is 2.38 bits per heavy atom. The van der Waals surface area contributed by atoms with Gasteiger partial charge >= 0.3 is 12.0 Å². The van der Waals surface area contributed by atoms with Crippen molar-refractivity contribution in [1.82, 2.24) is 10.2 Å². The van der Waals surface area contributed by atoms with Crippen molar-refractivity contribution in [2.24, 2.45) is 5.73 Å². The molecule has 9 heteroatoms. The van der Waals surface area contributed by atoms with Gasteiger partial charge in [-0.1, -0.05) is 56.4 Å². The van der Waals surface area contributed by atoms with Gasteiger partial charge in [0.25, 0.3) is 0 Å². The van der Waals surface area contributed by atoms with E-state index in [0.717, 1.165) is 21.8 Å². The molecule has 0 saturated heterocycles. The molecule has 7 nitrogen and oxygen atoms in total. The van der Waals surface area contributed by atoms with E-state index in [-0.39, 0.29) is 17.0 Å². The van der Waals surface area contributed by atoms with Gasteiger partial charge in [0.05, 0.1) is 7.11 Å². The van der Waals surface area contributed by atoms with Gasteiger partial charge in [0.15, 0.2) is 3.95 Å². The molecule has 0 saturated carbocycles. The molecule has 2 amide bonds. The predicted octanol–water partition coefficient (Wildman–Crippen LogP) is 3.17. The number of amides is 2. The number of rotatable bonds is 5. The number of nitrogens with one attached hydrogen (secondary N) is 1. The lowest BCUT2D eigenvalue weighted by Gasteiger charge is -2.26. The van der Waals surface area contributed by atoms with Crippen molar-refractivity contribution in [3.63, 3.8) is 0 Å². The first-order chi connectivity index (χ1) is 12.1. The smallest absolute Gasteiger partial charge is 0.329 e. The maximum atomic E-state index is 12.3. The number of aromatic nitrogens is 2. The monoisotopic (exact) mass is 394 g/mol. The highest BCUT2D eigenvalue weighted by Gasteiger charge is 2.33. The molecule has 1 aromatic carbocycles. The Kier molecular flexibility index (Phi) is 6.14. The minimum Gasteiger partial charge on any atom is -0.467 e. The van der Waals surface area contributed by atoms with Crippen LogP contribution in [0.5, 0.6) is 0 Å². The van der Waals surface area contributed by atoms with Gasteiger partial charge < -0.3 is 10.5 Å². The molecule has 2 rings (SSSR count). The summed E-state index contributed by atoms with van der Waals surface area (Å²) in [6.07, 6.45) is 0.242. The molecule has 1 heterocycles. The van der Waals surface area contributed by atoms with Crippen LogP contribution in [0.1, 0.15) is 31.9 Å². The molecule has 0 aliphatic rings. The third kappa shape index (κ3) is 4.67. The van der Waals surface area contributed by atoms with Crippen molar-refractivity contribution in [3.8, 4) is 0 Å². The number of aromatic amines is 1. The Balaban J connectivity index is 2.36. The normalized spacial score (nSPS) is 12.5. The second-order valence-electron chi connectivity index (χ2n) is 6.79. The number of carbonyl (C=O) groups excluding carboxylic acids is 2. The molecule has 1 atom stereocenters. The molecule has 0 fully saturated rings. The van der Waals surface area contributed by atoms with E-state index in [1.165, 1.54) is 12.7 Å². The Morgan fingerprint density at radius 2 is 1.96 bits per heavy atom. The van der Waals surface area contributed by atoms with Gasteiger partial charge in [-0.2, -0.15) is 0 Å². The minimum absolute atomic E-state index is 0.0239. The number of nitrogens with two attached hydrogens (primary N) is 1. The molecule has 0 bridgehead atoms. The van der Waals surface area contributed by atoms with Crippen molar-refractivity contribution < 1.29 is 14.3 Å². The summed E-state index contributed by atoms with van der Waals surface area (Å²) >= 11 is 6.07. The average molecular weight is 395 g/mol. The number of urea groups is 1. The molecule has 1 aromatic heterocycles. The predicted molar refractivity (Wildman–Crippen MR) is 104 cm³/mol. The third-order valence-corrected chi connectivity index (χ3v) is 4.99. The van der Waals surface area contributed by atoms with E-state index in [2.05, 4.69) is 31.0 Å². The van der Waals surface area contributed by atoms with Crippen LogP contribution in [0, 0.1) is 3.95 Å². The van der Waals surface area contributed by atoms with Crippen LogP contribution in [-0.4, -0.2) is 35.3 Å². The molecular weight excluding hydrogens is 372 g/mol. The number of benzene rings is 1. The lowest BCUT2D eigenvalue weighted by atomic mass is 9.86. The number of esters is 1. The molecule has 0 aliphatic heterocycles. The number of nitrogens with zero attached hydrogens (tertiary/aromatic N) is 2. The summed E-state index contributed by atoms with van der Waals surface area (Å²) in [5.41, 5.74) is 7.58. The third-order valence-electron chi connectivity index (χ3n) is 3.90. The van der Waals surface area contributed by atoms with Crippen LogP contribution in [0.15, 0.2) is 24.3 Å². The first-order valence-electron chi connectivity index (χ1n) is 7.95. The SMILES string of the molecule is COC(=O)[C@H](Cc1ccc(C(C)(C)C)cc1)N(C(N)=O)c1n[nH]c(=S)s1. The first kappa shape index (κ1) is 20.1. The summed E-state index contributed by atoms with van der Waals surface area (Å²) in [4.78, 5) is 25.5. The second-order valence-corrected chi connectivity index (χ2v) is 8.44. The molecule has 3 N–H and O–H groups in total. The van der Waals surface area contributed by atoms with Crippen molar-refractivity contribution in [2.45, 2.75) is 38.6 Å². The molecule has 140 valence electrons. The number of hydrogen-bond acceptors (Lipinski definition) is 6. The Hall–Kier alpha value is -2.26. The topological polar surface area (TPSA) is 101 Å². The van der Waals surface area contributed by atoms with Gasteiger partial charge in [0.2, 0.25) is 5.13 Å². The molecule has 0 aliphatic carbocycles. The molecule has 0 spiro atoms. The molecule has 26 heavy (non-hydrogen) atoms. The Morgan fingerprint density at radius 1 is 1.35 bits per heavy atom. The first-order valence-corrected chi connectivity index (χ1v) is 9.17. The highest BCUT2D eigenvalue weighted by atomic mass is 32.1. The molecule has 0 radical (unpaired) electrons. The number of primary amides is 1. The van der Waals surface area contributed by atoms with Crippen molar-refractivity contribution in [1.29, 1.82) is 0 Å². The van der Waals surface area contributed by atoms with Crippen LogP contribution in [0.3, 0.4) is 0 Å². The fraction of sp³-hybridized carbons (Fsp3) is 0.412. The van der Waals surface area contributed by atoms with Crippen LogP contribution in [0.2, 0.25) is 0 Å².